The van der Waals surface area contributed by atoms with Crippen molar-refractivity contribution in [3.8, 4) is 16.3 Å². The number of thiazole rings is 1. The molecule has 1 heterocycles. The Morgan fingerprint density at radius 1 is 1.32 bits per heavy atom. The summed E-state index contributed by atoms with van der Waals surface area (Å²) in [5, 5.41) is 13.9. The van der Waals surface area contributed by atoms with Crippen molar-refractivity contribution in [1.29, 1.82) is 0 Å². The summed E-state index contributed by atoms with van der Waals surface area (Å²) in [5.74, 6) is -1.51. The minimum absolute atomic E-state index is 0.188. The van der Waals surface area contributed by atoms with E-state index in [0.717, 1.165) is 22.6 Å². The predicted molar refractivity (Wildman–Crippen MR) is 96.5 cm³/mol. The number of carbonyl (C=O) groups is 1. The molecule has 4 nitrogen and oxygen atoms in total. The number of nitrogens with zero attached hydrogens (tertiary/aromatic N) is 1. The fourth-order valence-corrected chi connectivity index (χ4v) is 3.18. The molecule has 0 fully saturated rings. The van der Waals surface area contributed by atoms with Crippen LogP contribution in [0.25, 0.3) is 10.6 Å². The minimum Gasteiger partial charge on any atom is -0.507 e. The molecule has 25 heavy (non-hydrogen) atoms. The van der Waals surface area contributed by atoms with Gasteiger partial charge in [-0.15, -0.1) is 11.3 Å². The molecule has 2 N–H and O–H groups in total. The standard InChI is InChI=1S/C18H14ClFN2O2S/c1-10-8-22-18(25-10)14-6-15(20)13(7-16(14)23)17(24)21-9-11-2-4-12(19)5-3-11/h2-8,23H,9H2,1H3,(H,21,24). The second kappa shape index (κ2) is 7.21. The topological polar surface area (TPSA) is 62.2 Å². The monoisotopic (exact) mass is 376 g/mol. The molecule has 128 valence electrons. The average Bonchev–Trinajstić information content (AvgIpc) is 3.02. The van der Waals surface area contributed by atoms with Crippen molar-refractivity contribution in [3.63, 3.8) is 0 Å². The number of phenols is 1. The smallest absolute Gasteiger partial charge is 0.254 e. The van der Waals surface area contributed by atoms with Gasteiger partial charge in [-0.2, -0.15) is 0 Å². The number of rotatable bonds is 4. The summed E-state index contributed by atoms with van der Waals surface area (Å²) in [6, 6.07) is 9.21. The zero-order valence-corrected chi connectivity index (χ0v) is 14.8. The van der Waals surface area contributed by atoms with Gasteiger partial charge in [0.25, 0.3) is 5.91 Å². The van der Waals surface area contributed by atoms with Crippen LogP contribution in [-0.4, -0.2) is 16.0 Å². The van der Waals surface area contributed by atoms with Gasteiger partial charge >= 0.3 is 0 Å². The van der Waals surface area contributed by atoms with E-state index in [1.54, 1.807) is 30.5 Å². The van der Waals surface area contributed by atoms with Gasteiger partial charge in [0.1, 0.15) is 16.6 Å². The second-order valence-corrected chi connectivity index (χ2v) is 7.11. The van der Waals surface area contributed by atoms with Crippen molar-refractivity contribution >= 4 is 28.8 Å². The summed E-state index contributed by atoms with van der Waals surface area (Å²) < 4.78 is 14.3. The first-order valence-corrected chi connectivity index (χ1v) is 8.61. The van der Waals surface area contributed by atoms with Crippen LogP contribution in [0.15, 0.2) is 42.6 Å². The fraction of sp³-hybridized carbons (Fsp3) is 0.111. The molecule has 2 aromatic carbocycles. The first-order valence-electron chi connectivity index (χ1n) is 7.42. The van der Waals surface area contributed by atoms with E-state index in [0.29, 0.717) is 10.0 Å². The number of nitrogens with one attached hydrogen (secondary N) is 1. The largest absolute Gasteiger partial charge is 0.507 e. The van der Waals surface area contributed by atoms with Crippen molar-refractivity contribution in [3.05, 3.63) is 69.4 Å². The van der Waals surface area contributed by atoms with Gasteiger partial charge in [-0.25, -0.2) is 9.37 Å². The molecule has 0 atom stereocenters. The molecule has 0 radical (unpaired) electrons. The molecular formula is C18H14ClFN2O2S. The Hall–Kier alpha value is -2.44. The summed E-state index contributed by atoms with van der Waals surface area (Å²) in [6.07, 6.45) is 1.64. The highest BCUT2D eigenvalue weighted by Crippen LogP contribution is 2.34. The van der Waals surface area contributed by atoms with Crippen LogP contribution in [-0.2, 0) is 6.54 Å². The summed E-state index contributed by atoms with van der Waals surface area (Å²) >= 11 is 7.14. The number of aryl methyl sites for hydroxylation is 1. The van der Waals surface area contributed by atoms with Crippen molar-refractivity contribution in [2.75, 3.05) is 0 Å². The van der Waals surface area contributed by atoms with Gasteiger partial charge in [-0.05, 0) is 36.8 Å². The third kappa shape index (κ3) is 3.97. The number of carbonyl (C=O) groups excluding carboxylic acids is 1. The third-order valence-corrected chi connectivity index (χ3v) is 4.75. The van der Waals surface area contributed by atoms with E-state index < -0.39 is 11.7 Å². The number of hydrogen-bond donors (Lipinski definition) is 2. The molecule has 0 aliphatic carbocycles. The van der Waals surface area contributed by atoms with Gasteiger partial charge in [0.2, 0.25) is 0 Å². The van der Waals surface area contributed by atoms with E-state index in [1.807, 2.05) is 6.92 Å². The molecule has 0 spiro atoms. The Balaban J connectivity index is 1.78. The van der Waals surface area contributed by atoms with E-state index in [1.165, 1.54) is 11.3 Å². The van der Waals surface area contributed by atoms with Gasteiger partial charge in [0.05, 0.1) is 11.1 Å². The summed E-state index contributed by atoms with van der Waals surface area (Å²) in [4.78, 5) is 17.3. The zero-order valence-electron chi connectivity index (χ0n) is 13.2. The Morgan fingerprint density at radius 3 is 2.68 bits per heavy atom. The van der Waals surface area contributed by atoms with E-state index in [9.17, 15) is 14.3 Å². The molecule has 0 bridgehead atoms. The van der Waals surface area contributed by atoms with Gasteiger partial charge in [0.15, 0.2) is 0 Å². The van der Waals surface area contributed by atoms with Gasteiger partial charge in [-0.3, -0.25) is 4.79 Å². The lowest BCUT2D eigenvalue weighted by atomic mass is 10.1. The quantitative estimate of drug-likeness (QED) is 0.702. The summed E-state index contributed by atoms with van der Waals surface area (Å²) in [6.45, 7) is 2.09. The van der Waals surface area contributed by atoms with E-state index in [4.69, 9.17) is 11.6 Å². The highest BCUT2D eigenvalue weighted by molar-refractivity contribution is 7.15. The number of halogens is 2. The number of aromatic hydroxyl groups is 1. The molecule has 0 unspecified atom stereocenters. The maximum absolute atomic E-state index is 14.3. The summed E-state index contributed by atoms with van der Waals surface area (Å²) in [5.41, 5.74) is 0.880. The Bertz CT molecular complexity index is 925. The average molecular weight is 377 g/mol. The molecule has 1 amide bonds. The van der Waals surface area contributed by atoms with Gasteiger partial charge in [-0.1, -0.05) is 23.7 Å². The first-order chi connectivity index (χ1) is 11.9. The lowest BCUT2D eigenvalue weighted by molar-refractivity contribution is 0.0946. The van der Waals surface area contributed by atoms with Crippen LogP contribution in [0.1, 0.15) is 20.8 Å². The number of hydrogen-bond acceptors (Lipinski definition) is 4. The fourth-order valence-electron chi connectivity index (χ4n) is 2.27. The number of phenolic OH excluding ortho intramolecular Hbond substituents is 1. The Kier molecular flexibility index (Phi) is 5.01. The zero-order chi connectivity index (χ0) is 18.0. The number of aromatic nitrogens is 1. The van der Waals surface area contributed by atoms with E-state index >= 15 is 0 Å². The van der Waals surface area contributed by atoms with Crippen LogP contribution >= 0.6 is 22.9 Å². The number of benzene rings is 2. The number of amides is 1. The van der Waals surface area contributed by atoms with Crippen molar-refractivity contribution in [2.24, 2.45) is 0 Å². The molecule has 0 aliphatic rings. The van der Waals surface area contributed by atoms with Crippen LogP contribution in [0.2, 0.25) is 5.02 Å². The minimum atomic E-state index is -0.714. The highest BCUT2D eigenvalue weighted by atomic mass is 35.5. The highest BCUT2D eigenvalue weighted by Gasteiger charge is 2.18. The molecule has 7 heteroatoms. The molecule has 0 saturated carbocycles. The molecule has 3 aromatic rings. The molecule has 3 rings (SSSR count). The normalized spacial score (nSPS) is 10.7. The van der Waals surface area contributed by atoms with E-state index in [-0.39, 0.29) is 23.4 Å². The van der Waals surface area contributed by atoms with Gasteiger partial charge in [0, 0.05) is 22.6 Å². The molecule has 0 saturated heterocycles. The Labute approximate surface area is 152 Å². The van der Waals surface area contributed by atoms with Crippen LogP contribution in [0, 0.1) is 12.7 Å². The lowest BCUT2D eigenvalue weighted by Crippen LogP contribution is -2.23. The first kappa shape index (κ1) is 17.4. The second-order valence-electron chi connectivity index (χ2n) is 5.43. The van der Waals surface area contributed by atoms with Crippen LogP contribution in [0.4, 0.5) is 4.39 Å². The summed E-state index contributed by atoms with van der Waals surface area (Å²) in [7, 11) is 0. The SMILES string of the molecule is Cc1cnc(-c2cc(F)c(C(=O)NCc3ccc(Cl)cc3)cc2O)s1. The Morgan fingerprint density at radius 2 is 2.04 bits per heavy atom. The van der Waals surface area contributed by atoms with Crippen LogP contribution in [0.5, 0.6) is 5.75 Å². The van der Waals surface area contributed by atoms with E-state index in [2.05, 4.69) is 10.3 Å². The third-order valence-electron chi connectivity index (χ3n) is 3.55. The van der Waals surface area contributed by atoms with Gasteiger partial charge < -0.3 is 10.4 Å². The van der Waals surface area contributed by atoms with Crippen molar-refractivity contribution in [2.45, 2.75) is 13.5 Å². The molecular weight excluding hydrogens is 363 g/mol. The maximum atomic E-state index is 14.3. The van der Waals surface area contributed by atoms with Crippen LogP contribution < -0.4 is 5.32 Å². The van der Waals surface area contributed by atoms with Crippen molar-refractivity contribution in [1.82, 2.24) is 10.3 Å². The predicted octanol–water partition coefficient (Wildman–Crippen LogP) is 4.55. The van der Waals surface area contributed by atoms with Crippen molar-refractivity contribution < 1.29 is 14.3 Å². The van der Waals surface area contributed by atoms with Crippen LogP contribution in [0.3, 0.4) is 0 Å². The molecule has 0 aliphatic heterocycles. The lowest BCUT2D eigenvalue weighted by Gasteiger charge is -2.09. The maximum Gasteiger partial charge on any atom is 0.254 e. The molecule has 1 aromatic heterocycles.